The van der Waals surface area contributed by atoms with E-state index in [1.165, 1.54) is 0 Å². The second-order valence-corrected chi connectivity index (χ2v) is 4.80. The zero-order chi connectivity index (χ0) is 14.7. The molecule has 0 bridgehead atoms. The van der Waals surface area contributed by atoms with Crippen molar-refractivity contribution in [3.05, 3.63) is 35.5 Å². The molecule has 5 nitrogen and oxygen atoms in total. The maximum atomic E-state index is 9.57. The first-order valence-corrected chi connectivity index (χ1v) is 6.53. The van der Waals surface area contributed by atoms with Crippen molar-refractivity contribution < 1.29 is 14.6 Å². The first-order chi connectivity index (χ1) is 9.62. The van der Waals surface area contributed by atoms with Crippen molar-refractivity contribution >= 4 is 0 Å². The number of hydrogen-bond acceptors (Lipinski definition) is 4. The molecule has 0 aliphatic rings. The van der Waals surface area contributed by atoms with Crippen LogP contribution in [0.3, 0.4) is 0 Å². The van der Waals surface area contributed by atoms with Gasteiger partial charge in [-0.1, -0.05) is 13.8 Å². The third-order valence-electron chi connectivity index (χ3n) is 3.18. The van der Waals surface area contributed by atoms with Crippen molar-refractivity contribution in [1.82, 2.24) is 9.78 Å². The lowest BCUT2D eigenvalue weighted by molar-refractivity contribution is 0.270. The highest BCUT2D eigenvalue weighted by Gasteiger charge is 2.20. The molecule has 0 fully saturated rings. The Morgan fingerprint density at radius 1 is 1.15 bits per heavy atom. The van der Waals surface area contributed by atoms with E-state index in [1.54, 1.807) is 18.9 Å². The van der Waals surface area contributed by atoms with Gasteiger partial charge in [-0.25, -0.2) is 4.68 Å². The molecule has 0 saturated heterocycles. The van der Waals surface area contributed by atoms with Crippen LogP contribution in [-0.4, -0.2) is 29.1 Å². The molecule has 5 heteroatoms. The predicted molar refractivity (Wildman–Crippen MR) is 76.7 cm³/mol. The molecule has 0 atom stereocenters. The van der Waals surface area contributed by atoms with Crippen LogP contribution in [0.5, 0.6) is 11.6 Å². The molecule has 1 heterocycles. The number of benzene rings is 1. The number of aliphatic hydroxyl groups excluding tert-OH is 1. The van der Waals surface area contributed by atoms with Gasteiger partial charge < -0.3 is 14.6 Å². The molecule has 0 saturated carbocycles. The van der Waals surface area contributed by atoms with E-state index in [-0.39, 0.29) is 12.5 Å². The fourth-order valence-corrected chi connectivity index (χ4v) is 2.17. The second kappa shape index (κ2) is 5.96. The fourth-order valence-electron chi connectivity index (χ4n) is 2.17. The lowest BCUT2D eigenvalue weighted by atomic mass is 10.1. The van der Waals surface area contributed by atoms with Crippen LogP contribution in [0.4, 0.5) is 0 Å². The van der Waals surface area contributed by atoms with Gasteiger partial charge in [0.1, 0.15) is 5.75 Å². The van der Waals surface area contributed by atoms with Gasteiger partial charge in [0.2, 0.25) is 5.88 Å². The number of rotatable bonds is 5. The van der Waals surface area contributed by atoms with Gasteiger partial charge in [-0.2, -0.15) is 5.10 Å². The number of methoxy groups -OCH3 is 2. The summed E-state index contributed by atoms with van der Waals surface area (Å²) in [5, 5.41) is 14.1. The summed E-state index contributed by atoms with van der Waals surface area (Å²) in [6, 6.07) is 7.54. The highest BCUT2D eigenvalue weighted by atomic mass is 16.5. The van der Waals surface area contributed by atoms with E-state index >= 15 is 0 Å². The lowest BCUT2D eigenvalue weighted by Crippen LogP contribution is -2.01. The smallest absolute Gasteiger partial charge is 0.222 e. The number of nitrogens with zero attached hydrogens (tertiary/aromatic N) is 2. The van der Waals surface area contributed by atoms with Gasteiger partial charge in [-0.05, 0) is 30.2 Å². The topological polar surface area (TPSA) is 56.5 Å². The second-order valence-electron chi connectivity index (χ2n) is 4.80. The normalized spacial score (nSPS) is 10.9. The van der Waals surface area contributed by atoms with Gasteiger partial charge >= 0.3 is 0 Å². The Morgan fingerprint density at radius 3 is 2.25 bits per heavy atom. The molecule has 1 N–H and O–H groups in total. The molecule has 2 aromatic rings. The zero-order valence-corrected chi connectivity index (χ0v) is 12.3. The lowest BCUT2D eigenvalue weighted by Gasteiger charge is -2.08. The highest BCUT2D eigenvalue weighted by Crippen LogP contribution is 2.30. The molecular weight excluding hydrogens is 256 g/mol. The van der Waals surface area contributed by atoms with E-state index in [0.29, 0.717) is 5.88 Å². The molecule has 0 radical (unpaired) electrons. The van der Waals surface area contributed by atoms with Crippen LogP contribution in [0.1, 0.15) is 31.0 Å². The average Bonchev–Trinajstić information content (AvgIpc) is 2.86. The summed E-state index contributed by atoms with van der Waals surface area (Å²) in [7, 11) is 3.21. The molecule has 20 heavy (non-hydrogen) atoms. The quantitative estimate of drug-likeness (QED) is 0.911. The van der Waals surface area contributed by atoms with Crippen LogP contribution in [-0.2, 0) is 6.61 Å². The van der Waals surface area contributed by atoms with E-state index in [0.717, 1.165) is 22.7 Å². The van der Waals surface area contributed by atoms with Crippen LogP contribution >= 0.6 is 0 Å². The molecule has 0 unspecified atom stereocenters. The zero-order valence-electron chi connectivity index (χ0n) is 12.3. The molecule has 0 spiro atoms. The monoisotopic (exact) mass is 276 g/mol. The predicted octanol–water partition coefficient (Wildman–Crippen LogP) is 2.51. The SMILES string of the molecule is COc1ccc(-n2nc(C(C)C)c(CO)c2OC)cc1. The van der Waals surface area contributed by atoms with Gasteiger partial charge in [0.15, 0.2) is 0 Å². The Hall–Kier alpha value is -2.01. The maximum Gasteiger partial charge on any atom is 0.222 e. The Kier molecular flexibility index (Phi) is 4.29. The Bertz CT molecular complexity index is 574. The van der Waals surface area contributed by atoms with Crippen molar-refractivity contribution in [2.24, 2.45) is 0 Å². The van der Waals surface area contributed by atoms with Crippen LogP contribution in [0.15, 0.2) is 24.3 Å². The van der Waals surface area contributed by atoms with E-state index in [9.17, 15) is 5.11 Å². The molecule has 1 aromatic carbocycles. The first-order valence-electron chi connectivity index (χ1n) is 6.53. The maximum absolute atomic E-state index is 9.57. The van der Waals surface area contributed by atoms with Gasteiger partial charge in [-0.15, -0.1) is 0 Å². The van der Waals surface area contributed by atoms with Gasteiger partial charge in [-0.3, -0.25) is 0 Å². The Labute approximate surface area is 118 Å². The minimum Gasteiger partial charge on any atom is -0.497 e. The van der Waals surface area contributed by atoms with Crippen LogP contribution in [0.25, 0.3) is 5.69 Å². The summed E-state index contributed by atoms with van der Waals surface area (Å²) >= 11 is 0. The summed E-state index contributed by atoms with van der Waals surface area (Å²) < 4.78 is 12.3. The first kappa shape index (κ1) is 14.4. The van der Waals surface area contributed by atoms with Crippen molar-refractivity contribution in [3.8, 4) is 17.3 Å². The number of hydrogen-bond donors (Lipinski definition) is 1. The summed E-state index contributed by atoms with van der Waals surface area (Å²) in [5.74, 6) is 1.57. The molecule has 0 aliphatic heterocycles. The van der Waals surface area contributed by atoms with Crippen molar-refractivity contribution in [1.29, 1.82) is 0 Å². The molecule has 1 aromatic heterocycles. The average molecular weight is 276 g/mol. The largest absolute Gasteiger partial charge is 0.497 e. The van der Waals surface area contributed by atoms with E-state index < -0.39 is 0 Å². The van der Waals surface area contributed by atoms with Crippen LogP contribution in [0, 0.1) is 0 Å². The van der Waals surface area contributed by atoms with Crippen molar-refractivity contribution in [2.45, 2.75) is 26.4 Å². The summed E-state index contributed by atoms with van der Waals surface area (Å²) in [4.78, 5) is 0. The van der Waals surface area contributed by atoms with Gasteiger partial charge in [0, 0.05) is 0 Å². The third-order valence-corrected chi connectivity index (χ3v) is 3.18. The van der Waals surface area contributed by atoms with Crippen molar-refractivity contribution in [2.75, 3.05) is 14.2 Å². The van der Waals surface area contributed by atoms with Gasteiger partial charge in [0.25, 0.3) is 0 Å². The molecule has 0 aliphatic carbocycles. The number of aliphatic hydroxyl groups is 1. The van der Waals surface area contributed by atoms with E-state index in [2.05, 4.69) is 5.10 Å². The van der Waals surface area contributed by atoms with Gasteiger partial charge in [0.05, 0.1) is 37.8 Å². The summed E-state index contributed by atoms with van der Waals surface area (Å²) in [6.45, 7) is 3.99. The third kappa shape index (κ3) is 2.49. The molecule has 2 rings (SSSR count). The van der Waals surface area contributed by atoms with Crippen molar-refractivity contribution in [3.63, 3.8) is 0 Å². The van der Waals surface area contributed by atoms with E-state index in [1.807, 2.05) is 38.1 Å². The Balaban J connectivity index is 2.54. The standard InChI is InChI=1S/C15H20N2O3/c1-10(2)14-13(9-18)15(20-4)17(16-14)11-5-7-12(19-3)8-6-11/h5-8,10,18H,9H2,1-4H3. The Morgan fingerprint density at radius 2 is 1.80 bits per heavy atom. The minimum absolute atomic E-state index is 0.0904. The summed E-state index contributed by atoms with van der Waals surface area (Å²) in [6.07, 6.45) is 0. The van der Waals surface area contributed by atoms with Crippen LogP contribution in [0.2, 0.25) is 0 Å². The highest BCUT2D eigenvalue weighted by molar-refractivity contribution is 5.44. The minimum atomic E-state index is -0.0904. The fraction of sp³-hybridized carbons (Fsp3) is 0.400. The summed E-state index contributed by atoms with van der Waals surface area (Å²) in [5.41, 5.74) is 2.45. The number of aromatic nitrogens is 2. The molecule has 108 valence electrons. The molecular formula is C15H20N2O3. The molecule has 0 amide bonds. The van der Waals surface area contributed by atoms with E-state index in [4.69, 9.17) is 9.47 Å². The number of ether oxygens (including phenoxy) is 2. The van der Waals surface area contributed by atoms with Crippen LogP contribution < -0.4 is 9.47 Å².